The van der Waals surface area contributed by atoms with Crippen LogP contribution >= 0.6 is 0 Å². The number of para-hydroxylation sites is 1. The van der Waals surface area contributed by atoms with E-state index in [1.807, 2.05) is 36.4 Å². The number of esters is 1. The highest BCUT2D eigenvalue weighted by atomic mass is 16.8. The van der Waals surface area contributed by atoms with Gasteiger partial charge in [0.15, 0.2) is 5.79 Å². The molecule has 0 aromatic heterocycles. The van der Waals surface area contributed by atoms with Crippen molar-refractivity contribution in [1.29, 1.82) is 0 Å². The van der Waals surface area contributed by atoms with Crippen LogP contribution in [-0.2, 0) is 25.4 Å². The number of benzene rings is 2. The quantitative estimate of drug-likeness (QED) is 0.153. The zero-order valence-corrected chi connectivity index (χ0v) is 26.0. The third kappa shape index (κ3) is 8.80. The maximum Gasteiger partial charge on any atom is 0.339 e. The minimum atomic E-state index is -0.790. The summed E-state index contributed by atoms with van der Waals surface area (Å²) in [7, 11) is 0. The lowest BCUT2D eigenvalue weighted by Gasteiger charge is -2.31. The van der Waals surface area contributed by atoms with E-state index < -0.39 is 30.1 Å². The molecule has 1 aliphatic heterocycles. The van der Waals surface area contributed by atoms with Gasteiger partial charge in [-0.25, -0.2) is 4.79 Å². The molecule has 0 radical (unpaired) electrons. The van der Waals surface area contributed by atoms with E-state index >= 15 is 0 Å². The summed E-state index contributed by atoms with van der Waals surface area (Å²) in [6.45, 7) is 4.28. The van der Waals surface area contributed by atoms with Gasteiger partial charge >= 0.3 is 5.97 Å². The normalized spacial score (nSPS) is 20.7. The van der Waals surface area contributed by atoms with Gasteiger partial charge in [0.25, 0.3) is 0 Å². The Bertz CT molecular complexity index is 1290. The van der Waals surface area contributed by atoms with E-state index in [1.54, 1.807) is 30.3 Å². The fourth-order valence-corrected chi connectivity index (χ4v) is 5.91. The summed E-state index contributed by atoms with van der Waals surface area (Å²) < 4.78 is 19.5. The van der Waals surface area contributed by atoms with Crippen LogP contribution in [-0.4, -0.2) is 59.3 Å². The van der Waals surface area contributed by atoms with E-state index in [0.29, 0.717) is 23.1 Å². The first kappa shape index (κ1) is 33.4. The average Bonchev–Trinajstić information content (AvgIpc) is 3.40. The van der Waals surface area contributed by atoms with Crippen LogP contribution in [0.15, 0.2) is 66.3 Å². The Balaban J connectivity index is 1.56. The van der Waals surface area contributed by atoms with Crippen molar-refractivity contribution < 1.29 is 34.0 Å². The van der Waals surface area contributed by atoms with E-state index in [1.165, 1.54) is 0 Å². The monoisotopic (exact) mass is 605 g/mol. The second-order valence-corrected chi connectivity index (χ2v) is 11.6. The molecule has 1 aliphatic carbocycles. The number of ether oxygens (including phenoxy) is 3. The van der Waals surface area contributed by atoms with Gasteiger partial charge < -0.3 is 29.7 Å². The van der Waals surface area contributed by atoms with Gasteiger partial charge in [-0.05, 0) is 48.6 Å². The van der Waals surface area contributed by atoms with E-state index in [0.717, 1.165) is 56.9 Å². The maximum absolute atomic E-state index is 13.7. The van der Waals surface area contributed by atoms with Gasteiger partial charge in [-0.3, -0.25) is 4.79 Å². The number of hydrogen-bond acceptors (Lipinski definition) is 7. The van der Waals surface area contributed by atoms with E-state index in [4.69, 9.17) is 14.2 Å². The van der Waals surface area contributed by atoms with Crippen LogP contribution in [0.4, 0.5) is 0 Å². The molecule has 0 bridgehead atoms. The molecule has 1 heterocycles. The number of fused-ring (bicyclic) bond motifs is 1. The molecule has 2 aromatic carbocycles. The Morgan fingerprint density at radius 3 is 2.41 bits per heavy atom. The number of carbonyl (C=O) groups is 2. The number of hydrogen-bond donors (Lipinski definition) is 3. The number of unbranched alkanes of at least 4 members (excludes halogenated alkanes) is 4. The molecule has 4 rings (SSSR count). The molecule has 2 aliphatic rings. The maximum atomic E-state index is 13.7. The third-order valence-electron chi connectivity index (χ3n) is 8.26. The lowest BCUT2D eigenvalue weighted by Crippen LogP contribution is -2.44. The van der Waals surface area contributed by atoms with Crippen LogP contribution in [0.3, 0.4) is 0 Å². The van der Waals surface area contributed by atoms with Crippen molar-refractivity contribution in [3.8, 4) is 5.75 Å². The van der Waals surface area contributed by atoms with Gasteiger partial charge in [0.1, 0.15) is 24.1 Å². The number of phenols is 1. The number of allylic oxidation sites excluding steroid dienone is 1. The van der Waals surface area contributed by atoms with E-state index in [9.17, 15) is 19.8 Å². The zero-order valence-electron chi connectivity index (χ0n) is 26.0. The van der Waals surface area contributed by atoms with Gasteiger partial charge in [-0.2, -0.15) is 0 Å². The van der Waals surface area contributed by atoms with Gasteiger partial charge in [-0.1, -0.05) is 88.1 Å². The highest BCUT2D eigenvalue weighted by Gasteiger charge is 2.52. The minimum Gasteiger partial charge on any atom is -0.508 e. The predicted molar refractivity (Wildman–Crippen MR) is 170 cm³/mol. The molecule has 1 fully saturated rings. The molecule has 3 N–H and O–H groups in total. The number of phenolic OH excluding ortho intramolecular Hbond substituents is 1. The van der Waals surface area contributed by atoms with Crippen molar-refractivity contribution >= 4 is 18.0 Å². The summed E-state index contributed by atoms with van der Waals surface area (Å²) in [5.41, 5.74) is 2.33. The fraction of sp³-hybridized carbons (Fsp3) is 0.500. The highest BCUT2D eigenvalue weighted by molar-refractivity contribution is 5.95. The SMILES string of the molecule is CCCCCC1(CCCCC)O[C@@H]2[C@@H](C=C(C(=O)NCCO)C[C@H]2OC(=O)c2ccccc2C=CCc2ccccc2O)O1. The van der Waals surface area contributed by atoms with Crippen molar-refractivity contribution in [3.63, 3.8) is 0 Å². The summed E-state index contributed by atoms with van der Waals surface area (Å²) >= 11 is 0. The number of aromatic hydroxyl groups is 1. The number of amides is 1. The minimum absolute atomic E-state index is 0.129. The molecule has 8 nitrogen and oxygen atoms in total. The average molecular weight is 606 g/mol. The van der Waals surface area contributed by atoms with E-state index in [2.05, 4.69) is 19.2 Å². The predicted octanol–water partition coefficient (Wildman–Crippen LogP) is 6.25. The first-order valence-electron chi connectivity index (χ1n) is 16.1. The summed E-state index contributed by atoms with van der Waals surface area (Å²) in [6.07, 6.45) is 12.1. The van der Waals surface area contributed by atoms with Crippen LogP contribution in [0.1, 0.15) is 93.1 Å². The Morgan fingerprint density at radius 2 is 1.70 bits per heavy atom. The summed E-state index contributed by atoms with van der Waals surface area (Å²) in [5, 5.41) is 22.1. The first-order valence-corrected chi connectivity index (χ1v) is 16.1. The second-order valence-electron chi connectivity index (χ2n) is 11.6. The van der Waals surface area contributed by atoms with Crippen LogP contribution < -0.4 is 5.32 Å². The van der Waals surface area contributed by atoms with Crippen molar-refractivity contribution in [2.24, 2.45) is 0 Å². The lowest BCUT2D eigenvalue weighted by molar-refractivity contribution is -0.190. The Morgan fingerprint density at radius 1 is 1.00 bits per heavy atom. The number of nitrogens with one attached hydrogen (secondary N) is 1. The molecule has 0 saturated carbocycles. The van der Waals surface area contributed by atoms with Gasteiger partial charge in [-0.15, -0.1) is 0 Å². The molecule has 1 amide bonds. The van der Waals surface area contributed by atoms with Crippen LogP contribution in [0.5, 0.6) is 5.75 Å². The topological polar surface area (TPSA) is 114 Å². The van der Waals surface area contributed by atoms with Crippen LogP contribution in [0.2, 0.25) is 0 Å². The molecular weight excluding hydrogens is 558 g/mol. The molecule has 8 heteroatoms. The molecule has 0 unspecified atom stereocenters. The van der Waals surface area contributed by atoms with Crippen molar-refractivity contribution in [3.05, 3.63) is 82.9 Å². The highest BCUT2D eigenvalue weighted by Crippen LogP contribution is 2.43. The fourth-order valence-electron chi connectivity index (χ4n) is 5.91. The van der Waals surface area contributed by atoms with Crippen LogP contribution in [0.25, 0.3) is 6.08 Å². The molecule has 0 spiro atoms. The second kappa shape index (κ2) is 16.6. The summed E-state index contributed by atoms with van der Waals surface area (Å²) in [6, 6.07) is 14.4. The van der Waals surface area contributed by atoms with E-state index in [-0.39, 0.29) is 31.2 Å². The summed E-state index contributed by atoms with van der Waals surface area (Å²) in [4.78, 5) is 26.7. The molecular formula is C36H47NO7. The smallest absolute Gasteiger partial charge is 0.339 e. The largest absolute Gasteiger partial charge is 0.508 e. The standard InChI is InChI=1S/C36H47NO7/c1-3-5-11-20-36(21-12-6-4-2)43-32-25-28(34(40)37-22-23-38)24-31(33(32)44-36)42-35(41)29-18-9-7-14-26(29)16-13-17-27-15-8-10-19-30(27)39/h7-10,13-16,18-19,25,31-33,38-39H,3-6,11-12,17,20-24H2,1-2H3,(H,37,40)/t31-,32-,33+/m1/s1. The number of aliphatic hydroxyl groups excluding tert-OH is 1. The van der Waals surface area contributed by atoms with Gasteiger partial charge in [0.2, 0.25) is 5.91 Å². The van der Waals surface area contributed by atoms with Crippen molar-refractivity contribution in [2.75, 3.05) is 13.2 Å². The van der Waals surface area contributed by atoms with Crippen LogP contribution in [0, 0.1) is 0 Å². The molecule has 2 aromatic rings. The first-order chi connectivity index (χ1) is 21.4. The van der Waals surface area contributed by atoms with Crippen molar-refractivity contribution in [2.45, 2.75) is 102 Å². The van der Waals surface area contributed by atoms with Crippen molar-refractivity contribution in [1.82, 2.24) is 5.32 Å². The number of carbonyl (C=O) groups excluding carboxylic acids is 2. The molecule has 3 atom stereocenters. The third-order valence-corrected chi connectivity index (χ3v) is 8.26. The molecule has 238 valence electrons. The Labute approximate surface area is 261 Å². The van der Waals surface area contributed by atoms with Gasteiger partial charge in [0, 0.05) is 31.4 Å². The lowest BCUT2D eigenvalue weighted by atomic mass is 9.91. The van der Waals surface area contributed by atoms with Gasteiger partial charge in [0.05, 0.1) is 12.2 Å². The number of rotatable bonds is 16. The Kier molecular flexibility index (Phi) is 12.6. The Hall–Kier alpha value is -3.46. The molecule has 44 heavy (non-hydrogen) atoms. The molecule has 1 saturated heterocycles. The summed E-state index contributed by atoms with van der Waals surface area (Å²) in [5.74, 6) is -1.39. The number of aliphatic hydroxyl groups is 1. The zero-order chi connectivity index (χ0) is 31.4.